The molecule has 0 spiro atoms. The summed E-state index contributed by atoms with van der Waals surface area (Å²) in [5.41, 5.74) is 0. The molecule has 1 heterocycles. The molecule has 0 aromatic heterocycles. The highest BCUT2D eigenvalue weighted by molar-refractivity contribution is 5.75. The van der Waals surface area contributed by atoms with Gasteiger partial charge in [-0.1, -0.05) is 13.8 Å². The minimum atomic E-state index is -0.157. The average molecular weight is 256 g/mol. The summed E-state index contributed by atoms with van der Waals surface area (Å²) in [7, 11) is 3.63. The van der Waals surface area contributed by atoms with Crippen LogP contribution in [0.3, 0.4) is 0 Å². The van der Waals surface area contributed by atoms with Gasteiger partial charge in [0.05, 0.1) is 7.11 Å². The fourth-order valence-electron chi connectivity index (χ4n) is 2.57. The molecule has 0 aliphatic carbocycles. The lowest BCUT2D eigenvalue weighted by molar-refractivity contribution is -0.144. The van der Waals surface area contributed by atoms with Gasteiger partial charge in [-0.3, -0.25) is 4.79 Å². The molecular formula is C14H28N2O2. The molecule has 0 saturated carbocycles. The van der Waals surface area contributed by atoms with E-state index in [2.05, 4.69) is 38.0 Å². The summed E-state index contributed by atoms with van der Waals surface area (Å²) >= 11 is 0. The summed E-state index contributed by atoms with van der Waals surface area (Å²) < 4.78 is 4.89. The molecule has 3 atom stereocenters. The highest BCUT2D eigenvalue weighted by Gasteiger charge is 2.28. The Morgan fingerprint density at radius 3 is 2.67 bits per heavy atom. The van der Waals surface area contributed by atoms with Crippen LogP contribution in [0, 0.1) is 5.92 Å². The molecule has 4 heteroatoms. The summed E-state index contributed by atoms with van der Waals surface area (Å²) in [4.78, 5) is 14.1. The van der Waals surface area contributed by atoms with Crippen LogP contribution < -0.4 is 5.32 Å². The number of hydrogen-bond donors (Lipinski definition) is 1. The number of esters is 1. The smallest absolute Gasteiger partial charge is 0.322 e. The number of methoxy groups -OCH3 is 1. The molecule has 18 heavy (non-hydrogen) atoms. The van der Waals surface area contributed by atoms with Crippen LogP contribution in [0.5, 0.6) is 0 Å². The van der Waals surface area contributed by atoms with Crippen molar-refractivity contribution in [1.82, 2.24) is 10.2 Å². The highest BCUT2D eigenvalue weighted by atomic mass is 16.5. The third-order valence-corrected chi connectivity index (χ3v) is 3.84. The van der Waals surface area contributed by atoms with Crippen molar-refractivity contribution in [2.75, 3.05) is 20.7 Å². The molecule has 1 aliphatic rings. The zero-order valence-electron chi connectivity index (χ0n) is 12.4. The van der Waals surface area contributed by atoms with E-state index in [1.807, 2.05) is 0 Å². The third kappa shape index (κ3) is 4.58. The van der Waals surface area contributed by atoms with Crippen LogP contribution in [0.15, 0.2) is 0 Å². The summed E-state index contributed by atoms with van der Waals surface area (Å²) in [5.74, 6) is 0.362. The Kier molecular flexibility index (Phi) is 6.09. The summed E-state index contributed by atoms with van der Waals surface area (Å²) in [5, 5.41) is 3.49. The Hall–Kier alpha value is -0.610. The molecular weight excluding hydrogens is 228 g/mol. The standard InChI is InChI=1S/C14H28N2O2/c1-10(2)8-13(14(17)18-5)15-12-6-7-16(4)11(3)9-12/h10-13,15H,6-9H2,1-5H3. The van der Waals surface area contributed by atoms with Crippen molar-refractivity contribution < 1.29 is 9.53 Å². The first-order valence-corrected chi connectivity index (χ1v) is 6.98. The van der Waals surface area contributed by atoms with Crippen LogP contribution in [0.2, 0.25) is 0 Å². The van der Waals surface area contributed by atoms with E-state index in [0.29, 0.717) is 18.0 Å². The fourth-order valence-corrected chi connectivity index (χ4v) is 2.57. The van der Waals surface area contributed by atoms with Crippen molar-refractivity contribution in [3.05, 3.63) is 0 Å². The van der Waals surface area contributed by atoms with Crippen molar-refractivity contribution in [2.45, 2.75) is 58.2 Å². The van der Waals surface area contributed by atoms with Crippen LogP contribution in [0.1, 0.15) is 40.0 Å². The van der Waals surface area contributed by atoms with Crippen molar-refractivity contribution >= 4 is 5.97 Å². The Bertz CT molecular complexity index is 269. The highest BCUT2D eigenvalue weighted by Crippen LogP contribution is 2.17. The SMILES string of the molecule is COC(=O)C(CC(C)C)NC1CCN(C)C(C)C1. The van der Waals surface area contributed by atoms with E-state index < -0.39 is 0 Å². The molecule has 0 radical (unpaired) electrons. The molecule has 4 nitrogen and oxygen atoms in total. The minimum absolute atomic E-state index is 0.129. The minimum Gasteiger partial charge on any atom is -0.468 e. The molecule has 0 aromatic carbocycles. The molecule has 1 saturated heterocycles. The number of ether oxygens (including phenoxy) is 1. The average Bonchev–Trinajstić information content (AvgIpc) is 2.31. The van der Waals surface area contributed by atoms with E-state index in [1.165, 1.54) is 7.11 Å². The fraction of sp³-hybridized carbons (Fsp3) is 0.929. The van der Waals surface area contributed by atoms with Crippen LogP contribution in [0.4, 0.5) is 0 Å². The van der Waals surface area contributed by atoms with E-state index in [9.17, 15) is 4.79 Å². The van der Waals surface area contributed by atoms with Gasteiger partial charge in [-0.05, 0) is 45.7 Å². The number of hydrogen-bond acceptors (Lipinski definition) is 4. The second kappa shape index (κ2) is 7.10. The van der Waals surface area contributed by atoms with Crippen molar-refractivity contribution in [1.29, 1.82) is 0 Å². The van der Waals surface area contributed by atoms with E-state index >= 15 is 0 Å². The number of likely N-dealkylation sites (tertiary alicyclic amines) is 1. The number of piperidine rings is 1. The van der Waals surface area contributed by atoms with Gasteiger partial charge in [0.25, 0.3) is 0 Å². The normalized spacial score (nSPS) is 27.2. The van der Waals surface area contributed by atoms with Gasteiger partial charge in [0.15, 0.2) is 0 Å². The Morgan fingerprint density at radius 1 is 1.50 bits per heavy atom. The van der Waals surface area contributed by atoms with Crippen LogP contribution in [0.25, 0.3) is 0 Å². The number of carbonyl (C=O) groups is 1. The van der Waals surface area contributed by atoms with Gasteiger partial charge in [-0.2, -0.15) is 0 Å². The Morgan fingerprint density at radius 2 is 2.17 bits per heavy atom. The second-order valence-corrected chi connectivity index (χ2v) is 5.92. The zero-order chi connectivity index (χ0) is 13.7. The maximum atomic E-state index is 11.8. The van der Waals surface area contributed by atoms with Gasteiger partial charge in [-0.25, -0.2) is 0 Å². The van der Waals surface area contributed by atoms with E-state index in [4.69, 9.17) is 4.74 Å². The first-order chi connectivity index (χ1) is 8.43. The molecule has 0 aromatic rings. The van der Waals surface area contributed by atoms with Crippen molar-refractivity contribution in [3.8, 4) is 0 Å². The van der Waals surface area contributed by atoms with Crippen molar-refractivity contribution in [3.63, 3.8) is 0 Å². The van der Waals surface area contributed by atoms with Gasteiger partial charge in [-0.15, -0.1) is 0 Å². The first-order valence-electron chi connectivity index (χ1n) is 6.98. The predicted molar refractivity (Wildman–Crippen MR) is 73.5 cm³/mol. The van der Waals surface area contributed by atoms with Gasteiger partial charge in [0, 0.05) is 12.1 Å². The summed E-state index contributed by atoms with van der Waals surface area (Å²) in [6, 6.07) is 0.850. The predicted octanol–water partition coefficient (Wildman–Crippen LogP) is 1.65. The first kappa shape index (κ1) is 15.4. The van der Waals surface area contributed by atoms with Crippen LogP contribution in [-0.2, 0) is 9.53 Å². The quantitative estimate of drug-likeness (QED) is 0.759. The third-order valence-electron chi connectivity index (χ3n) is 3.84. The maximum absolute atomic E-state index is 11.8. The largest absolute Gasteiger partial charge is 0.468 e. The van der Waals surface area contributed by atoms with Gasteiger partial charge < -0.3 is 15.0 Å². The number of nitrogens with zero attached hydrogens (tertiary/aromatic N) is 1. The van der Waals surface area contributed by atoms with Crippen molar-refractivity contribution in [2.24, 2.45) is 5.92 Å². The van der Waals surface area contributed by atoms with Crippen LogP contribution in [-0.4, -0.2) is 49.7 Å². The van der Waals surface area contributed by atoms with E-state index in [-0.39, 0.29) is 12.0 Å². The van der Waals surface area contributed by atoms with Gasteiger partial charge in [0.2, 0.25) is 0 Å². The molecule has 1 rings (SSSR count). The molecule has 1 fully saturated rings. The molecule has 1 N–H and O–H groups in total. The topological polar surface area (TPSA) is 41.6 Å². The summed E-state index contributed by atoms with van der Waals surface area (Å²) in [6.07, 6.45) is 3.04. The lowest BCUT2D eigenvalue weighted by Gasteiger charge is -2.37. The van der Waals surface area contributed by atoms with Gasteiger partial charge in [0.1, 0.15) is 6.04 Å². The Labute approximate surface area is 111 Å². The zero-order valence-corrected chi connectivity index (χ0v) is 12.4. The second-order valence-electron chi connectivity index (χ2n) is 5.92. The number of rotatable bonds is 5. The van der Waals surface area contributed by atoms with E-state index in [1.54, 1.807) is 0 Å². The molecule has 3 unspecified atom stereocenters. The monoisotopic (exact) mass is 256 g/mol. The molecule has 1 aliphatic heterocycles. The van der Waals surface area contributed by atoms with E-state index in [0.717, 1.165) is 25.8 Å². The van der Waals surface area contributed by atoms with Gasteiger partial charge >= 0.3 is 5.97 Å². The number of carbonyl (C=O) groups excluding carboxylic acids is 1. The molecule has 106 valence electrons. The van der Waals surface area contributed by atoms with Crippen LogP contribution >= 0.6 is 0 Å². The number of nitrogens with one attached hydrogen (secondary N) is 1. The lowest BCUT2D eigenvalue weighted by atomic mass is 9.96. The lowest BCUT2D eigenvalue weighted by Crippen LogP contribution is -2.51. The summed E-state index contributed by atoms with van der Waals surface area (Å²) in [6.45, 7) is 7.60. The molecule has 0 bridgehead atoms. The Balaban J connectivity index is 2.52. The maximum Gasteiger partial charge on any atom is 0.322 e. The molecule has 0 amide bonds.